The molecule has 23 heavy (non-hydrogen) atoms. The van der Waals surface area contributed by atoms with Crippen LogP contribution in [0.2, 0.25) is 0 Å². The third-order valence-electron chi connectivity index (χ3n) is 3.51. The smallest absolute Gasteiger partial charge is 0.326 e. The number of benzene rings is 1. The number of hydrogen-bond donors (Lipinski definition) is 2. The molecule has 0 fully saturated rings. The van der Waals surface area contributed by atoms with Crippen molar-refractivity contribution in [2.24, 2.45) is 0 Å². The number of nitrogens with one attached hydrogen (secondary N) is 2. The summed E-state index contributed by atoms with van der Waals surface area (Å²) >= 11 is 0. The van der Waals surface area contributed by atoms with Gasteiger partial charge in [-0.3, -0.25) is 14.6 Å². The quantitative estimate of drug-likeness (QED) is 0.903. The highest BCUT2D eigenvalue weighted by Gasteiger charge is 2.13. The van der Waals surface area contributed by atoms with Gasteiger partial charge in [0.25, 0.3) is 5.56 Å². The number of aromatic amines is 1. The molecule has 0 radical (unpaired) electrons. The summed E-state index contributed by atoms with van der Waals surface area (Å²) < 4.78 is 1.30. The third kappa shape index (κ3) is 4.67. The molecule has 1 amide bonds. The normalized spacial score (nSPS) is 11.3. The molecule has 1 aromatic heterocycles. The summed E-state index contributed by atoms with van der Waals surface area (Å²) in [6.07, 6.45) is 1.53. The lowest BCUT2D eigenvalue weighted by atomic mass is 9.87. The van der Waals surface area contributed by atoms with Crippen molar-refractivity contribution in [1.82, 2.24) is 9.55 Å². The molecule has 1 heterocycles. The molecular weight excluding hydrogens is 294 g/mol. The van der Waals surface area contributed by atoms with Crippen LogP contribution in [0, 0.1) is 0 Å². The van der Waals surface area contributed by atoms with Crippen LogP contribution >= 0.6 is 0 Å². The van der Waals surface area contributed by atoms with Crippen molar-refractivity contribution in [3.05, 3.63) is 62.9 Å². The first-order valence-corrected chi connectivity index (χ1v) is 7.46. The Kier molecular flexibility index (Phi) is 4.83. The average molecular weight is 315 g/mol. The Bertz CT molecular complexity index is 795. The highest BCUT2D eigenvalue weighted by molar-refractivity contribution is 5.90. The van der Waals surface area contributed by atoms with Crippen molar-refractivity contribution in [2.45, 2.75) is 39.2 Å². The van der Waals surface area contributed by atoms with Crippen LogP contribution in [0.15, 0.2) is 46.1 Å². The molecule has 1 aromatic carbocycles. The zero-order valence-corrected chi connectivity index (χ0v) is 13.6. The SMILES string of the molecule is CC(C)(C)c1ccc(NC(=O)CCn2ccc(=O)[nH]c2=O)cc1. The van der Waals surface area contributed by atoms with Gasteiger partial charge in [-0.1, -0.05) is 32.9 Å². The summed E-state index contributed by atoms with van der Waals surface area (Å²) in [5.74, 6) is -0.188. The maximum Gasteiger partial charge on any atom is 0.328 e. The fourth-order valence-corrected chi connectivity index (χ4v) is 2.12. The number of H-pyrrole nitrogens is 1. The van der Waals surface area contributed by atoms with E-state index in [2.05, 4.69) is 31.1 Å². The van der Waals surface area contributed by atoms with Gasteiger partial charge in [-0.2, -0.15) is 0 Å². The molecule has 0 atom stereocenters. The second-order valence-corrected chi connectivity index (χ2v) is 6.43. The van der Waals surface area contributed by atoms with Crippen LogP contribution in [0.25, 0.3) is 0 Å². The summed E-state index contributed by atoms with van der Waals surface area (Å²) in [5, 5.41) is 2.80. The maximum absolute atomic E-state index is 11.9. The zero-order chi connectivity index (χ0) is 17.0. The summed E-state index contributed by atoms with van der Waals surface area (Å²) in [6.45, 7) is 6.59. The van der Waals surface area contributed by atoms with Crippen molar-refractivity contribution >= 4 is 11.6 Å². The molecule has 0 spiro atoms. The van der Waals surface area contributed by atoms with E-state index in [1.165, 1.54) is 22.4 Å². The Morgan fingerprint density at radius 2 is 1.78 bits per heavy atom. The van der Waals surface area contributed by atoms with E-state index in [9.17, 15) is 14.4 Å². The molecule has 6 nitrogen and oxygen atoms in total. The number of carbonyl (C=O) groups excluding carboxylic acids is 1. The Labute approximate surface area is 134 Å². The Balaban J connectivity index is 1.94. The van der Waals surface area contributed by atoms with Gasteiger partial charge in [-0.05, 0) is 23.1 Å². The fourth-order valence-electron chi connectivity index (χ4n) is 2.12. The first kappa shape index (κ1) is 16.7. The van der Waals surface area contributed by atoms with Gasteiger partial charge in [0.15, 0.2) is 0 Å². The number of hydrogen-bond acceptors (Lipinski definition) is 3. The van der Waals surface area contributed by atoms with E-state index in [4.69, 9.17) is 0 Å². The predicted molar refractivity (Wildman–Crippen MR) is 89.7 cm³/mol. The molecule has 0 aliphatic rings. The summed E-state index contributed by atoms with van der Waals surface area (Å²) in [6, 6.07) is 8.96. The minimum Gasteiger partial charge on any atom is -0.326 e. The zero-order valence-electron chi connectivity index (χ0n) is 13.6. The Hall–Kier alpha value is -2.63. The van der Waals surface area contributed by atoms with E-state index < -0.39 is 11.2 Å². The van der Waals surface area contributed by atoms with Gasteiger partial charge < -0.3 is 9.88 Å². The lowest BCUT2D eigenvalue weighted by Crippen LogP contribution is -2.29. The summed E-state index contributed by atoms with van der Waals surface area (Å²) in [5.41, 5.74) is 1.01. The number of anilines is 1. The van der Waals surface area contributed by atoms with Gasteiger partial charge in [-0.15, -0.1) is 0 Å². The van der Waals surface area contributed by atoms with Crippen molar-refractivity contribution in [3.63, 3.8) is 0 Å². The van der Waals surface area contributed by atoms with E-state index in [-0.39, 0.29) is 24.3 Å². The number of carbonyl (C=O) groups is 1. The van der Waals surface area contributed by atoms with Crippen LogP contribution in [0.1, 0.15) is 32.8 Å². The van der Waals surface area contributed by atoms with Crippen LogP contribution in [-0.2, 0) is 16.8 Å². The van der Waals surface area contributed by atoms with Gasteiger partial charge in [0.1, 0.15) is 0 Å². The van der Waals surface area contributed by atoms with Gasteiger partial charge >= 0.3 is 5.69 Å². The van der Waals surface area contributed by atoms with E-state index in [0.717, 1.165) is 5.69 Å². The first-order valence-electron chi connectivity index (χ1n) is 7.46. The second-order valence-electron chi connectivity index (χ2n) is 6.43. The first-order chi connectivity index (χ1) is 10.8. The minimum absolute atomic E-state index is 0.0634. The number of nitrogens with zero attached hydrogens (tertiary/aromatic N) is 1. The van der Waals surface area contributed by atoms with Crippen molar-refractivity contribution in [3.8, 4) is 0 Å². The van der Waals surface area contributed by atoms with E-state index in [1.807, 2.05) is 24.3 Å². The van der Waals surface area contributed by atoms with Crippen LogP contribution in [0.5, 0.6) is 0 Å². The molecule has 0 saturated carbocycles. The molecule has 122 valence electrons. The van der Waals surface area contributed by atoms with Gasteiger partial charge in [0.05, 0.1) is 0 Å². The van der Waals surface area contributed by atoms with Crippen LogP contribution in [0.3, 0.4) is 0 Å². The standard InChI is InChI=1S/C17H21N3O3/c1-17(2,3)12-4-6-13(7-5-12)18-14(21)8-10-20-11-9-15(22)19-16(20)23/h4-7,9,11H,8,10H2,1-3H3,(H,18,21)(H,19,22,23). The predicted octanol–water partition coefficient (Wildman–Crippen LogP) is 1.86. The Morgan fingerprint density at radius 1 is 1.13 bits per heavy atom. The van der Waals surface area contributed by atoms with Gasteiger partial charge in [0.2, 0.25) is 5.91 Å². The highest BCUT2D eigenvalue weighted by atomic mass is 16.2. The van der Waals surface area contributed by atoms with E-state index >= 15 is 0 Å². The number of amides is 1. The topological polar surface area (TPSA) is 84.0 Å². The molecule has 2 rings (SSSR count). The van der Waals surface area contributed by atoms with Crippen LogP contribution in [0.4, 0.5) is 5.69 Å². The molecule has 0 aliphatic heterocycles. The lowest BCUT2D eigenvalue weighted by molar-refractivity contribution is -0.116. The van der Waals surface area contributed by atoms with Crippen molar-refractivity contribution < 1.29 is 4.79 Å². The van der Waals surface area contributed by atoms with E-state index in [0.29, 0.717) is 0 Å². The monoisotopic (exact) mass is 315 g/mol. The minimum atomic E-state index is -0.514. The summed E-state index contributed by atoms with van der Waals surface area (Å²) in [7, 11) is 0. The Morgan fingerprint density at radius 3 is 2.35 bits per heavy atom. The molecule has 0 aliphatic carbocycles. The second kappa shape index (κ2) is 6.64. The lowest BCUT2D eigenvalue weighted by Gasteiger charge is -2.19. The van der Waals surface area contributed by atoms with Crippen molar-refractivity contribution in [1.29, 1.82) is 0 Å². The van der Waals surface area contributed by atoms with E-state index in [1.54, 1.807) is 0 Å². The molecule has 0 unspecified atom stereocenters. The maximum atomic E-state index is 11.9. The summed E-state index contributed by atoms with van der Waals surface area (Å²) in [4.78, 5) is 36.6. The number of aromatic nitrogens is 2. The fraction of sp³-hybridized carbons (Fsp3) is 0.353. The molecule has 0 saturated heterocycles. The number of rotatable bonds is 4. The molecular formula is C17H21N3O3. The largest absolute Gasteiger partial charge is 0.328 e. The van der Waals surface area contributed by atoms with Crippen LogP contribution < -0.4 is 16.6 Å². The highest BCUT2D eigenvalue weighted by Crippen LogP contribution is 2.23. The number of aryl methyl sites for hydroxylation is 1. The van der Waals surface area contributed by atoms with Gasteiger partial charge in [-0.25, -0.2) is 4.79 Å². The molecule has 2 N–H and O–H groups in total. The molecule has 6 heteroatoms. The molecule has 2 aromatic rings. The average Bonchev–Trinajstić information content (AvgIpc) is 2.46. The van der Waals surface area contributed by atoms with Crippen LogP contribution in [-0.4, -0.2) is 15.5 Å². The third-order valence-corrected chi connectivity index (χ3v) is 3.51. The molecule has 0 bridgehead atoms. The van der Waals surface area contributed by atoms with Crippen molar-refractivity contribution in [2.75, 3.05) is 5.32 Å². The van der Waals surface area contributed by atoms with Gasteiger partial charge in [0, 0.05) is 30.9 Å².